The minimum absolute atomic E-state index is 0.0224. The van der Waals surface area contributed by atoms with Crippen LogP contribution in [0.4, 0.5) is 11.4 Å². The largest absolute Gasteiger partial charge is 0.414 e. The molecule has 3 aromatic rings. The fourth-order valence-corrected chi connectivity index (χ4v) is 4.94. The van der Waals surface area contributed by atoms with Crippen LogP contribution in [0.25, 0.3) is 10.3 Å². The summed E-state index contributed by atoms with van der Waals surface area (Å²) >= 11 is 6.52. The van der Waals surface area contributed by atoms with Crippen molar-refractivity contribution in [2.45, 2.75) is 18.7 Å². The second-order valence-corrected chi connectivity index (χ2v) is 9.39. The Kier molecular flexibility index (Phi) is 5.48. The molecule has 0 radical (unpaired) electrons. The molecule has 0 aliphatic carbocycles. The number of nitro benzene ring substituents is 1. The molecule has 0 aliphatic heterocycles. The van der Waals surface area contributed by atoms with E-state index in [1.165, 1.54) is 32.0 Å². The lowest BCUT2D eigenvalue weighted by Crippen LogP contribution is -2.39. The molecule has 1 heterocycles. The van der Waals surface area contributed by atoms with Crippen LogP contribution < -0.4 is 9.24 Å². The first-order chi connectivity index (χ1) is 13.5. The highest BCUT2D eigenvalue weighted by atomic mass is 35.5. The van der Waals surface area contributed by atoms with Gasteiger partial charge in [-0.3, -0.25) is 14.9 Å². The molecular formula is C17H13ClN2O7S2. The van der Waals surface area contributed by atoms with E-state index < -0.39 is 42.3 Å². The third-order valence-electron chi connectivity index (χ3n) is 3.89. The minimum Gasteiger partial charge on any atom is -0.414 e. The smallest absolute Gasteiger partial charge is 0.396 e. The van der Waals surface area contributed by atoms with Gasteiger partial charge in [0.1, 0.15) is 10.6 Å². The number of carbonyl (C=O) groups is 1. The van der Waals surface area contributed by atoms with Crippen molar-refractivity contribution in [2.75, 3.05) is 4.31 Å². The number of rotatable bonds is 5. The predicted octanol–water partition coefficient (Wildman–Crippen LogP) is 3.79. The van der Waals surface area contributed by atoms with Gasteiger partial charge in [-0.2, -0.15) is 0 Å². The van der Waals surface area contributed by atoms with Gasteiger partial charge in [0.05, 0.1) is 20.2 Å². The molecular weight excluding hydrogens is 444 g/mol. The maximum Gasteiger partial charge on any atom is 0.396 e. The first-order valence-electron chi connectivity index (χ1n) is 8.09. The summed E-state index contributed by atoms with van der Waals surface area (Å²) in [6, 6.07) is 7.00. The number of nitro groups is 1. The fraction of sp³-hybridized carbons (Fsp3) is 0.176. The average molecular weight is 457 g/mol. The number of hydrogen-bond donors (Lipinski definition) is 0. The van der Waals surface area contributed by atoms with Gasteiger partial charge in [-0.25, -0.2) is 17.5 Å². The van der Waals surface area contributed by atoms with Crippen LogP contribution in [0.3, 0.4) is 0 Å². The van der Waals surface area contributed by atoms with Crippen molar-refractivity contribution in [3.63, 3.8) is 0 Å². The van der Waals surface area contributed by atoms with Crippen molar-refractivity contribution in [3.05, 3.63) is 61.3 Å². The van der Waals surface area contributed by atoms with Crippen LogP contribution in [0.2, 0.25) is 5.02 Å². The normalized spacial score (nSPS) is 11.7. The number of sulfonamides is 1. The van der Waals surface area contributed by atoms with Crippen molar-refractivity contribution in [1.82, 2.24) is 0 Å². The fourth-order valence-electron chi connectivity index (χ4n) is 2.50. The molecule has 0 unspecified atom stereocenters. The van der Waals surface area contributed by atoms with E-state index in [0.29, 0.717) is 9.01 Å². The zero-order chi connectivity index (χ0) is 21.5. The Morgan fingerprint density at radius 1 is 1.24 bits per heavy atom. The Hall–Kier alpha value is -2.76. The summed E-state index contributed by atoms with van der Waals surface area (Å²) in [5.74, 6) is -1.45. The number of fused-ring (bicyclic) bond motifs is 1. The molecule has 0 saturated carbocycles. The summed E-state index contributed by atoms with van der Waals surface area (Å²) in [5, 5.41) is 10.9. The molecule has 0 bridgehead atoms. The number of anilines is 1. The molecule has 152 valence electrons. The van der Waals surface area contributed by atoms with E-state index in [0.717, 1.165) is 29.5 Å². The third kappa shape index (κ3) is 3.88. The quantitative estimate of drug-likeness (QED) is 0.422. The summed E-state index contributed by atoms with van der Waals surface area (Å²) < 4.78 is 32.4. The molecule has 0 fully saturated rings. The topological polar surface area (TPSA) is 128 Å². The second-order valence-electron chi connectivity index (χ2n) is 6.22. The molecule has 1 amide bonds. The monoisotopic (exact) mass is 456 g/mol. The van der Waals surface area contributed by atoms with E-state index >= 15 is 0 Å². The van der Waals surface area contributed by atoms with Crippen LogP contribution in [0.15, 0.2) is 50.5 Å². The molecule has 29 heavy (non-hydrogen) atoms. The number of halogens is 1. The maximum atomic E-state index is 13.3. The van der Waals surface area contributed by atoms with E-state index in [4.69, 9.17) is 16.0 Å². The number of carbonyl (C=O) groups excluding carboxylic acids is 1. The zero-order valence-corrected chi connectivity index (χ0v) is 17.4. The molecule has 0 N–H and O–H groups in total. The molecule has 0 spiro atoms. The molecule has 12 heteroatoms. The summed E-state index contributed by atoms with van der Waals surface area (Å²) in [6.07, 6.45) is 0. The van der Waals surface area contributed by atoms with Gasteiger partial charge < -0.3 is 4.42 Å². The molecule has 0 atom stereocenters. The number of hydrogen-bond acceptors (Lipinski definition) is 8. The van der Waals surface area contributed by atoms with E-state index in [9.17, 15) is 28.1 Å². The third-order valence-corrected chi connectivity index (χ3v) is 6.72. The lowest BCUT2D eigenvalue weighted by molar-refractivity contribution is -0.384. The first kappa shape index (κ1) is 21.0. The molecule has 9 nitrogen and oxygen atoms in total. The highest BCUT2D eigenvalue weighted by Gasteiger charge is 2.34. The van der Waals surface area contributed by atoms with Crippen molar-refractivity contribution in [1.29, 1.82) is 0 Å². The van der Waals surface area contributed by atoms with E-state index in [1.807, 2.05) is 0 Å². The molecule has 1 aromatic heterocycles. The summed E-state index contributed by atoms with van der Waals surface area (Å²) in [4.78, 5) is 33.5. The lowest BCUT2D eigenvalue weighted by atomic mass is 10.2. The van der Waals surface area contributed by atoms with Gasteiger partial charge >= 0.3 is 4.94 Å². The maximum absolute atomic E-state index is 13.3. The van der Waals surface area contributed by atoms with Gasteiger partial charge in [-0.05, 0) is 30.3 Å². The molecule has 0 aliphatic rings. The Morgan fingerprint density at radius 3 is 2.55 bits per heavy atom. The predicted molar refractivity (Wildman–Crippen MR) is 108 cm³/mol. The molecule has 3 rings (SSSR count). The van der Waals surface area contributed by atoms with E-state index in [2.05, 4.69) is 0 Å². The van der Waals surface area contributed by atoms with Gasteiger partial charge in [-0.1, -0.05) is 36.8 Å². The van der Waals surface area contributed by atoms with Crippen LogP contribution in [-0.2, 0) is 14.8 Å². The first-order valence-corrected chi connectivity index (χ1v) is 10.7. The van der Waals surface area contributed by atoms with Crippen molar-refractivity contribution in [3.8, 4) is 0 Å². The van der Waals surface area contributed by atoms with Gasteiger partial charge in [0.15, 0.2) is 0 Å². The molecule has 2 aromatic carbocycles. The van der Waals surface area contributed by atoms with Crippen molar-refractivity contribution < 1.29 is 22.6 Å². The van der Waals surface area contributed by atoms with Gasteiger partial charge in [0, 0.05) is 12.0 Å². The highest BCUT2D eigenvalue weighted by molar-refractivity contribution is 7.93. The van der Waals surface area contributed by atoms with E-state index in [-0.39, 0.29) is 16.3 Å². The van der Waals surface area contributed by atoms with Crippen LogP contribution in [0.1, 0.15) is 13.8 Å². The summed E-state index contributed by atoms with van der Waals surface area (Å²) in [7, 11) is -4.52. The van der Waals surface area contributed by atoms with Gasteiger partial charge in [-0.15, -0.1) is 0 Å². The Balaban J connectivity index is 2.22. The lowest BCUT2D eigenvalue weighted by Gasteiger charge is -2.24. The zero-order valence-electron chi connectivity index (χ0n) is 15.0. The average Bonchev–Trinajstić information content (AvgIpc) is 3.00. The SMILES string of the molecule is CC(C)C(=O)N(c1ccc2oc(=O)sc2c1)S(=O)(=O)c1ccc(Cl)c([N+](=O)[O-])c1. The van der Waals surface area contributed by atoms with Crippen LogP contribution in [-0.4, -0.2) is 19.2 Å². The number of nitrogens with zero attached hydrogens (tertiary/aromatic N) is 2. The second kappa shape index (κ2) is 7.58. The van der Waals surface area contributed by atoms with Gasteiger partial charge in [0.25, 0.3) is 15.7 Å². The van der Waals surface area contributed by atoms with Crippen LogP contribution >= 0.6 is 22.9 Å². The number of amides is 1. The Labute approximate surface area is 173 Å². The highest BCUT2D eigenvalue weighted by Crippen LogP contribution is 2.33. The van der Waals surface area contributed by atoms with Crippen LogP contribution in [0, 0.1) is 16.0 Å². The van der Waals surface area contributed by atoms with Gasteiger partial charge in [0.2, 0.25) is 5.91 Å². The van der Waals surface area contributed by atoms with Crippen molar-refractivity contribution >= 4 is 60.5 Å². The Bertz CT molecular complexity index is 1290. The summed E-state index contributed by atoms with van der Waals surface area (Å²) in [6.45, 7) is 3.04. The van der Waals surface area contributed by atoms with Crippen LogP contribution in [0.5, 0.6) is 0 Å². The standard InChI is InChI=1S/C17H13ClN2O7S2/c1-9(2)16(21)19(10-3-6-14-15(7-10)28-17(22)27-14)29(25,26)11-4-5-12(18)13(8-11)20(23)24/h3-9H,1-2H3. The minimum atomic E-state index is -4.52. The number of benzene rings is 2. The Morgan fingerprint density at radius 2 is 1.93 bits per heavy atom. The summed E-state index contributed by atoms with van der Waals surface area (Å²) in [5.41, 5.74) is -0.376. The molecule has 0 saturated heterocycles. The van der Waals surface area contributed by atoms with Crippen molar-refractivity contribution in [2.24, 2.45) is 5.92 Å². The van der Waals surface area contributed by atoms with E-state index in [1.54, 1.807) is 0 Å².